The summed E-state index contributed by atoms with van der Waals surface area (Å²) in [6, 6.07) is 17.8. The van der Waals surface area contributed by atoms with Gasteiger partial charge < -0.3 is 10.1 Å². The van der Waals surface area contributed by atoms with E-state index in [9.17, 15) is 9.59 Å². The van der Waals surface area contributed by atoms with E-state index in [0.29, 0.717) is 11.3 Å². The molecule has 0 spiro atoms. The molecular formula is C19H16N2O3. The maximum atomic E-state index is 12.0. The summed E-state index contributed by atoms with van der Waals surface area (Å²) in [5, 5.41) is 11.4. The van der Waals surface area contributed by atoms with Gasteiger partial charge in [0.25, 0.3) is 5.91 Å². The molecule has 2 rings (SSSR count). The number of ether oxygens (including phenoxy) is 1. The lowest BCUT2D eigenvalue weighted by molar-refractivity contribution is -0.148. The zero-order chi connectivity index (χ0) is 17.4. The van der Waals surface area contributed by atoms with Crippen LogP contribution in [0.15, 0.2) is 60.7 Å². The van der Waals surface area contributed by atoms with Crippen LogP contribution in [0.1, 0.15) is 18.1 Å². The number of anilines is 1. The Bertz CT molecular complexity index is 792. The summed E-state index contributed by atoms with van der Waals surface area (Å²) in [7, 11) is 0. The predicted octanol–water partition coefficient (Wildman–Crippen LogP) is 3.14. The molecule has 0 saturated heterocycles. The second-order valence-corrected chi connectivity index (χ2v) is 5.00. The first-order chi connectivity index (χ1) is 11.6. The number of rotatable bonds is 5. The third kappa shape index (κ3) is 5.11. The molecule has 0 bridgehead atoms. The first-order valence-electron chi connectivity index (χ1n) is 7.33. The van der Waals surface area contributed by atoms with Gasteiger partial charge in [-0.05, 0) is 36.8 Å². The minimum Gasteiger partial charge on any atom is -0.449 e. The van der Waals surface area contributed by atoms with Crippen LogP contribution < -0.4 is 5.32 Å². The van der Waals surface area contributed by atoms with E-state index >= 15 is 0 Å². The van der Waals surface area contributed by atoms with E-state index in [1.54, 1.807) is 30.3 Å². The van der Waals surface area contributed by atoms with Crippen molar-refractivity contribution in [2.45, 2.75) is 13.0 Å². The highest BCUT2D eigenvalue weighted by atomic mass is 16.5. The molecule has 1 N–H and O–H groups in total. The normalized spacial score (nSPS) is 11.5. The quantitative estimate of drug-likeness (QED) is 0.678. The molecule has 0 aliphatic carbocycles. The van der Waals surface area contributed by atoms with Crippen molar-refractivity contribution in [3.63, 3.8) is 0 Å². The van der Waals surface area contributed by atoms with Crippen LogP contribution in [0.2, 0.25) is 0 Å². The highest BCUT2D eigenvalue weighted by Crippen LogP contribution is 2.11. The fraction of sp³-hybridized carbons (Fsp3) is 0.105. The van der Waals surface area contributed by atoms with E-state index < -0.39 is 18.0 Å². The number of nitrogens with one attached hydrogen (secondary N) is 1. The number of amides is 1. The predicted molar refractivity (Wildman–Crippen MR) is 90.8 cm³/mol. The maximum absolute atomic E-state index is 12.0. The van der Waals surface area contributed by atoms with Crippen molar-refractivity contribution in [3.8, 4) is 6.07 Å². The number of carbonyl (C=O) groups excluding carboxylic acids is 2. The fourth-order valence-corrected chi connectivity index (χ4v) is 1.91. The molecule has 120 valence electrons. The average molecular weight is 320 g/mol. The Hall–Kier alpha value is -3.39. The van der Waals surface area contributed by atoms with Crippen molar-refractivity contribution < 1.29 is 14.3 Å². The number of carbonyl (C=O) groups is 2. The van der Waals surface area contributed by atoms with Gasteiger partial charge in [0.05, 0.1) is 11.6 Å². The molecule has 0 aromatic heterocycles. The van der Waals surface area contributed by atoms with Gasteiger partial charge in [0.15, 0.2) is 6.10 Å². The molecule has 0 aliphatic rings. The minimum atomic E-state index is -0.955. The smallest absolute Gasteiger partial charge is 0.331 e. The van der Waals surface area contributed by atoms with Crippen LogP contribution in [0.5, 0.6) is 0 Å². The van der Waals surface area contributed by atoms with Crippen molar-refractivity contribution in [3.05, 3.63) is 71.8 Å². The summed E-state index contributed by atoms with van der Waals surface area (Å²) in [5.41, 5.74) is 1.77. The summed E-state index contributed by atoms with van der Waals surface area (Å²) in [5.74, 6) is -1.07. The van der Waals surface area contributed by atoms with Gasteiger partial charge in [-0.15, -0.1) is 0 Å². The van der Waals surface area contributed by atoms with E-state index in [1.807, 2.05) is 36.4 Å². The number of hydrogen-bond acceptors (Lipinski definition) is 4. The largest absolute Gasteiger partial charge is 0.449 e. The van der Waals surface area contributed by atoms with Crippen LogP contribution in [0.25, 0.3) is 6.08 Å². The molecule has 0 aliphatic heterocycles. The van der Waals surface area contributed by atoms with Crippen LogP contribution in [-0.2, 0) is 14.3 Å². The highest BCUT2D eigenvalue weighted by Gasteiger charge is 2.16. The standard InChI is InChI=1S/C19H16N2O3/c1-14(19(23)21-17-9-5-8-16(12-17)13-20)24-18(22)11-10-15-6-3-2-4-7-15/h2-12,14H,1H3,(H,21,23). The van der Waals surface area contributed by atoms with Crippen LogP contribution in [-0.4, -0.2) is 18.0 Å². The monoisotopic (exact) mass is 320 g/mol. The van der Waals surface area contributed by atoms with E-state index in [0.717, 1.165) is 5.56 Å². The second-order valence-electron chi connectivity index (χ2n) is 5.00. The van der Waals surface area contributed by atoms with E-state index in [4.69, 9.17) is 10.00 Å². The van der Waals surface area contributed by atoms with Gasteiger partial charge >= 0.3 is 5.97 Å². The van der Waals surface area contributed by atoms with Crippen LogP contribution in [0.4, 0.5) is 5.69 Å². The third-order valence-corrected chi connectivity index (χ3v) is 3.13. The zero-order valence-corrected chi connectivity index (χ0v) is 13.1. The van der Waals surface area contributed by atoms with Crippen molar-refractivity contribution in [1.29, 1.82) is 5.26 Å². The van der Waals surface area contributed by atoms with Crippen molar-refractivity contribution in [1.82, 2.24) is 0 Å². The molecule has 5 nitrogen and oxygen atoms in total. The van der Waals surface area contributed by atoms with Crippen molar-refractivity contribution in [2.24, 2.45) is 0 Å². The Kier molecular flexibility index (Phi) is 5.87. The molecule has 0 saturated carbocycles. The molecule has 1 amide bonds. The van der Waals surface area contributed by atoms with E-state index in [1.165, 1.54) is 13.0 Å². The molecule has 1 unspecified atom stereocenters. The lowest BCUT2D eigenvalue weighted by Gasteiger charge is -2.12. The Morgan fingerprint density at radius 3 is 2.62 bits per heavy atom. The maximum Gasteiger partial charge on any atom is 0.331 e. The van der Waals surface area contributed by atoms with Crippen LogP contribution in [0.3, 0.4) is 0 Å². The van der Waals surface area contributed by atoms with Crippen LogP contribution in [0, 0.1) is 11.3 Å². The topological polar surface area (TPSA) is 79.2 Å². The molecule has 24 heavy (non-hydrogen) atoms. The number of benzene rings is 2. The summed E-state index contributed by atoms with van der Waals surface area (Å²) in [6.07, 6.45) is 1.93. The summed E-state index contributed by atoms with van der Waals surface area (Å²) in [6.45, 7) is 1.48. The summed E-state index contributed by atoms with van der Waals surface area (Å²) < 4.78 is 5.06. The van der Waals surface area contributed by atoms with Gasteiger partial charge in [-0.2, -0.15) is 5.26 Å². The van der Waals surface area contributed by atoms with Crippen molar-refractivity contribution >= 4 is 23.6 Å². The molecule has 2 aromatic carbocycles. The number of nitriles is 1. The third-order valence-electron chi connectivity index (χ3n) is 3.13. The number of nitrogens with zero attached hydrogens (tertiary/aromatic N) is 1. The second kappa shape index (κ2) is 8.30. The zero-order valence-electron chi connectivity index (χ0n) is 13.1. The van der Waals surface area contributed by atoms with Gasteiger partial charge in [-0.25, -0.2) is 4.79 Å². The molecule has 0 heterocycles. The first-order valence-corrected chi connectivity index (χ1v) is 7.33. The molecule has 0 radical (unpaired) electrons. The first kappa shape index (κ1) is 17.0. The van der Waals surface area contributed by atoms with Gasteiger partial charge in [0.2, 0.25) is 0 Å². The average Bonchev–Trinajstić information content (AvgIpc) is 2.61. The molecule has 5 heteroatoms. The lowest BCUT2D eigenvalue weighted by atomic mass is 10.2. The Morgan fingerprint density at radius 2 is 1.92 bits per heavy atom. The number of hydrogen-bond donors (Lipinski definition) is 1. The molecular weight excluding hydrogens is 304 g/mol. The highest BCUT2D eigenvalue weighted by molar-refractivity contribution is 5.96. The summed E-state index contributed by atoms with van der Waals surface area (Å²) >= 11 is 0. The molecule has 0 fully saturated rings. The Labute approximate surface area is 140 Å². The van der Waals surface area contributed by atoms with Gasteiger partial charge in [0.1, 0.15) is 0 Å². The SMILES string of the molecule is CC(OC(=O)C=Cc1ccccc1)C(=O)Nc1cccc(C#N)c1. The Morgan fingerprint density at radius 1 is 1.17 bits per heavy atom. The van der Waals surface area contributed by atoms with E-state index in [-0.39, 0.29) is 0 Å². The fourth-order valence-electron chi connectivity index (χ4n) is 1.91. The molecule has 2 aromatic rings. The van der Waals surface area contributed by atoms with Crippen LogP contribution >= 0.6 is 0 Å². The van der Waals surface area contributed by atoms with Crippen molar-refractivity contribution in [2.75, 3.05) is 5.32 Å². The Balaban J connectivity index is 1.90. The van der Waals surface area contributed by atoms with Gasteiger partial charge in [0, 0.05) is 11.8 Å². The van der Waals surface area contributed by atoms with Gasteiger partial charge in [-0.3, -0.25) is 4.79 Å². The lowest BCUT2D eigenvalue weighted by Crippen LogP contribution is -2.29. The van der Waals surface area contributed by atoms with E-state index in [2.05, 4.69) is 5.32 Å². The summed E-state index contributed by atoms with van der Waals surface area (Å²) in [4.78, 5) is 23.8. The minimum absolute atomic E-state index is 0.434. The molecule has 1 atom stereocenters. The van der Waals surface area contributed by atoms with Gasteiger partial charge in [-0.1, -0.05) is 36.4 Å². The number of esters is 1.